The van der Waals surface area contributed by atoms with Gasteiger partial charge in [0.2, 0.25) is 0 Å². The molecular weight excluding hydrogens is 560 g/mol. The Morgan fingerprint density at radius 3 is 1.93 bits per heavy atom. The molecule has 188 valence electrons. The zero-order valence-corrected chi connectivity index (χ0v) is 22.7. The molecule has 0 amide bonds. The summed E-state index contributed by atoms with van der Waals surface area (Å²) in [6.07, 6.45) is 0.755. The first-order chi connectivity index (χ1) is 19.7. The van der Waals surface area contributed by atoms with Crippen LogP contribution in [0.2, 0.25) is 0 Å². The highest BCUT2D eigenvalue weighted by molar-refractivity contribution is 9.10. The van der Waals surface area contributed by atoms with Gasteiger partial charge in [-0.1, -0.05) is 82.7 Å². The molecule has 9 rings (SSSR count). The van der Waals surface area contributed by atoms with Crippen LogP contribution in [0.15, 0.2) is 116 Å². The summed E-state index contributed by atoms with van der Waals surface area (Å²) in [5.41, 5.74) is 10.9. The number of hydrogen-bond acceptors (Lipinski definition) is 4. The molecule has 0 N–H and O–H groups in total. The van der Waals surface area contributed by atoms with Crippen LogP contribution < -0.4 is 0 Å². The first-order valence-corrected chi connectivity index (χ1v) is 14.0. The molecule has 0 fully saturated rings. The molecule has 40 heavy (non-hydrogen) atoms. The Kier molecular flexibility index (Phi) is 4.50. The van der Waals surface area contributed by atoms with Gasteiger partial charge in [0.1, 0.15) is 22.3 Å². The maximum Gasteiger partial charge on any atom is 0.160 e. The topological polar surface area (TPSA) is 52.1 Å². The van der Waals surface area contributed by atoms with Crippen molar-refractivity contribution in [3.8, 4) is 33.8 Å². The van der Waals surface area contributed by atoms with E-state index in [1.54, 1.807) is 0 Å². The van der Waals surface area contributed by atoms with Crippen molar-refractivity contribution in [2.24, 2.45) is 0 Å². The lowest BCUT2D eigenvalue weighted by atomic mass is 9.96. The lowest BCUT2D eigenvalue weighted by molar-refractivity contribution is 0.668. The van der Waals surface area contributed by atoms with Crippen molar-refractivity contribution in [1.82, 2.24) is 9.97 Å². The number of benzene rings is 5. The maximum atomic E-state index is 6.27. The third-order valence-corrected chi connectivity index (χ3v) is 8.48. The average molecular weight is 579 g/mol. The standard InChI is InChI=1S/C35H19BrN2O2/c36-20-16-15-19-17-26-33(25(19)18-20)34(23-9-5-13-29-31(23)21-7-1-3-11-27(21)39-29)38-35(37-26)24-10-6-14-30-32(24)22-8-2-4-12-28(22)40-30/h1-16,18H,17H2. The van der Waals surface area contributed by atoms with Crippen LogP contribution in [0.1, 0.15) is 11.3 Å². The summed E-state index contributed by atoms with van der Waals surface area (Å²) in [7, 11) is 0. The van der Waals surface area contributed by atoms with Crippen LogP contribution in [0.5, 0.6) is 0 Å². The molecule has 8 aromatic rings. The summed E-state index contributed by atoms with van der Waals surface area (Å²) in [6, 6.07) is 35.2. The second-order valence-electron chi connectivity index (χ2n) is 10.2. The zero-order chi connectivity index (χ0) is 26.4. The van der Waals surface area contributed by atoms with Gasteiger partial charge >= 0.3 is 0 Å². The third-order valence-electron chi connectivity index (χ3n) is 7.98. The molecule has 0 unspecified atom stereocenters. The number of para-hydroxylation sites is 2. The van der Waals surface area contributed by atoms with Gasteiger partial charge in [-0.3, -0.25) is 0 Å². The van der Waals surface area contributed by atoms with Crippen LogP contribution in [0, 0.1) is 0 Å². The molecule has 0 aliphatic heterocycles. The van der Waals surface area contributed by atoms with Crippen molar-refractivity contribution < 1.29 is 8.83 Å². The molecule has 0 spiro atoms. The van der Waals surface area contributed by atoms with Crippen LogP contribution in [0.3, 0.4) is 0 Å². The Hall–Kier alpha value is -4.74. The highest BCUT2D eigenvalue weighted by atomic mass is 79.9. The molecule has 0 saturated carbocycles. The van der Waals surface area contributed by atoms with Gasteiger partial charge in [-0.15, -0.1) is 0 Å². The molecule has 3 heterocycles. The summed E-state index contributed by atoms with van der Waals surface area (Å²) in [5.74, 6) is 0.697. The van der Waals surface area contributed by atoms with Gasteiger partial charge in [0.15, 0.2) is 5.82 Å². The molecule has 4 nitrogen and oxygen atoms in total. The van der Waals surface area contributed by atoms with Gasteiger partial charge in [0.05, 0.1) is 11.4 Å². The Bertz CT molecular complexity index is 2330. The molecule has 0 radical (unpaired) electrons. The van der Waals surface area contributed by atoms with Crippen LogP contribution in [0.25, 0.3) is 77.6 Å². The Morgan fingerprint density at radius 1 is 0.575 bits per heavy atom. The normalized spacial score (nSPS) is 12.5. The molecular formula is C35H19BrN2O2. The van der Waals surface area contributed by atoms with E-state index in [-0.39, 0.29) is 0 Å². The largest absolute Gasteiger partial charge is 0.456 e. The molecule has 1 aliphatic rings. The van der Waals surface area contributed by atoms with Crippen molar-refractivity contribution in [2.75, 3.05) is 0 Å². The number of furan rings is 2. The Labute approximate surface area is 237 Å². The molecule has 1 aliphatic carbocycles. The first-order valence-electron chi connectivity index (χ1n) is 13.2. The van der Waals surface area contributed by atoms with E-state index >= 15 is 0 Å². The van der Waals surface area contributed by atoms with Crippen LogP contribution in [-0.4, -0.2) is 9.97 Å². The zero-order valence-electron chi connectivity index (χ0n) is 21.1. The summed E-state index contributed by atoms with van der Waals surface area (Å²) in [5, 5.41) is 4.25. The van der Waals surface area contributed by atoms with E-state index in [0.717, 1.165) is 82.8 Å². The number of rotatable bonds is 2. The third kappa shape index (κ3) is 3.07. The maximum absolute atomic E-state index is 6.27. The summed E-state index contributed by atoms with van der Waals surface area (Å²) in [4.78, 5) is 10.6. The van der Waals surface area contributed by atoms with E-state index in [2.05, 4.69) is 70.5 Å². The van der Waals surface area contributed by atoms with Crippen molar-refractivity contribution in [1.29, 1.82) is 0 Å². The fraction of sp³-hybridized carbons (Fsp3) is 0.0286. The van der Waals surface area contributed by atoms with Gasteiger partial charge in [-0.2, -0.15) is 0 Å². The lowest BCUT2D eigenvalue weighted by Gasteiger charge is -2.13. The predicted octanol–water partition coefficient (Wildman–Crippen LogP) is 9.94. The van der Waals surface area contributed by atoms with Crippen molar-refractivity contribution in [3.63, 3.8) is 0 Å². The molecule has 0 atom stereocenters. The predicted molar refractivity (Wildman–Crippen MR) is 163 cm³/mol. The molecule has 5 aromatic carbocycles. The van der Waals surface area contributed by atoms with E-state index in [9.17, 15) is 0 Å². The van der Waals surface area contributed by atoms with E-state index in [4.69, 9.17) is 18.8 Å². The molecule has 3 aromatic heterocycles. The van der Waals surface area contributed by atoms with E-state index in [0.29, 0.717) is 5.82 Å². The second-order valence-corrected chi connectivity index (χ2v) is 11.2. The smallest absolute Gasteiger partial charge is 0.160 e. The van der Waals surface area contributed by atoms with Crippen LogP contribution in [-0.2, 0) is 6.42 Å². The number of fused-ring (bicyclic) bond motifs is 9. The minimum absolute atomic E-state index is 0.697. The average Bonchev–Trinajstić information content (AvgIpc) is 3.67. The number of aromatic nitrogens is 2. The van der Waals surface area contributed by atoms with E-state index < -0.39 is 0 Å². The van der Waals surface area contributed by atoms with Gasteiger partial charge in [-0.05, 0) is 47.5 Å². The quantitative estimate of drug-likeness (QED) is 0.205. The number of nitrogens with zero attached hydrogens (tertiary/aromatic N) is 2. The highest BCUT2D eigenvalue weighted by Gasteiger charge is 2.28. The second kappa shape index (κ2) is 8.13. The SMILES string of the molecule is Brc1ccc2c(c1)-c1c(nc(-c3cccc4oc5ccccc5c34)nc1-c1cccc3oc4ccccc4c13)C2. The summed E-state index contributed by atoms with van der Waals surface area (Å²) in [6.45, 7) is 0. The lowest BCUT2D eigenvalue weighted by Crippen LogP contribution is -1.99. The molecule has 5 heteroatoms. The minimum atomic E-state index is 0.697. The van der Waals surface area contributed by atoms with E-state index in [1.807, 2.05) is 48.5 Å². The minimum Gasteiger partial charge on any atom is -0.456 e. The van der Waals surface area contributed by atoms with Crippen molar-refractivity contribution >= 4 is 59.8 Å². The highest BCUT2D eigenvalue weighted by Crippen LogP contribution is 2.47. The van der Waals surface area contributed by atoms with Crippen molar-refractivity contribution in [3.05, 3.63) is 119 Å². The van der Waals surface area contributed by atoms with Gasteiger partial charge < -0.3 is 8.83 Å². The van der Waals surface area contributed by atoms with Crippen molar-refractivity contribution in [2.45, 2.75) is 6.42 Å². The van der Waals surface area contributed by atoms with Crippen LogP contribution >= 0.6 is 15.9 Å². The first kappa shape index (κ1) is 22.1. The Balaban J connectivity index is 1.41. The summed E-state index contributed by atoms with van der Waals surface area (Å²) >= 11 is 3.69. The van der Waals surface area contributed by atoms with Crippen LogP contribution in [0.4, 0.5) is 0 Å². The fourth-order valence-corrected chi connectivity index (χ4v) is 6.64. The Morgan fingerprint density at radius 2 is 1.20 bits per heavy atom. The van der Waals surface area contributed by atoms with Gasteiger partial charge in [0.25, 0.3) is 0 Å². The fourth-order valence-electron chi connectivity index (χ4n) is 6.28. The summed E-state index contributed by atoms with van der Waals surface area (Å²) < 4.78 is 13.5. The van der Waals surface area contributed by atoms with E-state index in [1.165, 1.54) is 11.1 Å². The van der Waals surface area contributed by atoms with Gasteiger partial charge in [0, 0.05) is 49.1 Å². The van der Waals surface area contributed by atoms with Gasteiger partial charge in [-0.25, -0.2) is 9.97 Å². The molecule has 0 saturated heterocycles. The molecule has 0 bridgehead atoms. The number of halogens is 1. The number of hydrogen-bond donors (Lipinski definition) is 0. The monoisotopic (exact) mass is 578 g/mol.